The topological polar surface area (TPSA) is 92.4 Å². The largest absolute Gasteiger partial charge is 0.508 e. The first kappa shape index (κ1) is 21.8. The number of phenols is 1. The minimum absolute atomic E-state index is 0.112. The lowest BCUT2D eigenvalue weighted by molar-refractivity contribution is -0.118. The smallest absolute Gasteiger partial charge is 0.250 e. The van der Waals surface area contributed by atoms with Crippen molar-refractivity contribution in [1.82, 2.24) is 20.2 Å². The first-order valence-electron chi connectivity index (χ1n) is 9.60. The SMILES string of the molecule is O=C(CSc1nnc(-c2ccccc2)n1-c1ccc(Br)cc1)N/N=C\c1cccc(O)c1. The van der Waals surface area contributed by atoms with Gasteiger partial charge in [-0.05, 0) is 42.0 Å². The summed E-state index contributed by atoms with van der Waals surface area (Å²) in [6, 6.07) is 24.2. The van der Waals surface area contributed by atoms with E-state index in [-0.39, 0.29) is 17.4 Å². The molecule has 0 atom stereocenters. The fraction of sp³-hybridized carbons (Fsp3) is 0.0435. The molecule has 160 valence electrons. The predicted molar refractivity (Wildman–Crippen MR) is 129 cm³/mol. The molecular formula is C23H18BrN5O2S. The van der Waals surface area contributed by atoms with Crippen LogP contribution in [0, 0.1) is 0 Å². The van der Waals surface area contributed by atoms with Crippen molar-refractivity contribution in [3.63, 3.8) is 0 Å². The molecular weight excluding hydrogens is 490 g/mol. The van der Waals surface area contributed by atoms with Crippen LogP contribution in [0.25, 0.3) is 17.1 Å². The van der Waals surface area contributed by atoms with Gasteiger partial charge in [0.15, 0.2) is 11.0 Å². The molecule has 4 aromatic rings. The van der Waals surface area contributed by atoms with Crippen LogP contribution in [0.5, 0.6) is 5.75 Å². The number of amides is 1. The number of aromatic nitrogens is 3. The van der Waals surface area contributed by atoms with Crippen molar-refractivity contribution in [2.24, 2.45) is 5.10 Å². The summed E-state index contributed by atoms with van der Waals surface area (Å²) in [5, 5.41) is 22.7. The lowest BCUT2D eigenvalue weighted by Gasteiger charge is -2.10. The van der Waals surface area contributed by atoms with E-state index >= 15 is 0 Å². The molecule has 4 rings (SSSR count). The zero-order chi connectivity index (χ0) is 22.3. The van der Waals surface area contributed by atoms with E-state index in [1.54, 1.807) is 24.3 Å². The summed E-state index contributed by atoms with van der Waals surface area (Å²) in [5.74, 6) is 0.661. The van der Waals surface area contributed by atoms with Gasteiger partial charge in [0.25, 0.3) is 5.91 Å². The van der Waals surface area contributed by atoms with Crippen molar-refractivity contribution in [2.75, 3.05) is 5.75 Å². The third kappa shape index (κ3) is 5.43. The Hall–Kier alpha value is -3.43. The van der Waals surface area contributed by atoms with Gasteiger partial charge >= 0.3 is 0 Å². The highest BCUT2D eigenvalue weighted by molar-refractivity contribution is 9.10. The first-order chi connectivity index (χ1) is 15.6. The Morgan fingerprint density at radius 2 is 1.84 bits per heavy atom. The molecule has 0 saturated carbocycles. The van der Waals surface area contributed by atoms with Crippen LogP contribution >= 0.6 is 27.7 Å². The van der Waals surface area contributed by atoms with Gasteiger partial charge in [-0.3, -0.25) is 9.36 Å². The van der Waals surface area contributed by atoms with Crippen LogP contribution in [0.15, 0.2) is 93.6 Å². The molecule has 7 nitrogen and oxygen atoms in total. The van der Waals surface area contributed by atoms with Gasteiger partial charge < -0.3 is 5.11 Å². The summed E-state index contributed by atoms with van der Waals surface area (Å²) in [4.78, 5) is 12.3. The van der Waals surface area contributed by atoms with Gasteiger partial charge in [0.1, 0.15) is 5.75 Å². The average Bonchev–Trinajstić information content (AvgIpc) is 3.23. The highest BCUT2D eigenvalue weighted by atomic mass is 79.9. The van der Waals surface area contributed by atoms with Crippen LogP contribution in [0.3, 0.4) is 0 Å². The molecule has 0 radical (unpaired) electrons. The number of carbonyl (C=O) groups excluding carboxylic acids is 1. The van der Waals surface area contributed by atoms with Crippen molar-refractivity contribution >= 4 is 39.8 Å². The van der Waals surface area contributed by atoms with Crippen LogP contribution in [0.2, 0.25) is 0 Å². The maximum absolute atomic E-state index is 12.3. The van der Waals surface area contributed by atoms with E-state index in [2.05, 4.69) is 36.7 Å². The van der Waals surface area contributed by atoms with Crippen LogP contribution in [-0.4, -0.2) is 37.7 Å². The summed E-state index contributed by atoms with van der Waals surface area (Å²) in [6.45, 7) is 0. The molecule has 0 aliphatic rings. The van der Waals surface area contributed by atoms with Crippen LogP contribution in [0.4, 0.5) is 0 Å². The Bertz CT molecular complexity index is 1240. The fourth-order valence-corrected chi connectivity index (χ4v) is 3.92. The van der Waals surface area contributed by atoms with E-state index in [4.69, 9.17) is 0 Å². The number of hydrazone groups is 1. The van der Waals surface area contributed by atoms with Gasteiger partial charge in [-0.15, -0.1) is 10.2 Å². The van der Waals surface area contributed by atoms with Crippen molar-refractivity contribution in [1.29, 1.82) is 0 Å². The molecule has 0 bridgehead atoms. The molecule has 0 aliphatic heterocycles. The number of benzene rings is 3. The summed E-state index contributed by atoms with van der Waals surface area (Å²) in [7, 11) is 0. The number of halogens is 1. The monoisotopic (exact) mass is 507 g/mol. The number of carbonyl (C=O) groups is 1. The van der Waals surface area contributed by atoms with Gasteiger partial charge in [0.05, 0.1) is 12.0 Å². The van der Waals surface area contributed by atoms with Crippen molar-refractivity contribution in [3.8, 4) is 22.8 Å². The molecule has 2 N–H and O–H groups in total. The number of phenolic OH excluding ortho intramolecular Hbond substituents is 1. The maximum Gasteiger partial charge on any atom is 0.250 e. The van der Waals surface area contributed by atoms with E-state index in [0.29, 0.717) is 16.5 Å². The first-order valence-corrected chi connectivity index (χ1v) is 11.4. The molecule has 1 aromatic heterocycles. The van der Waals surface area contributed by atoms with Gasteiger partial charge in [-0.1, -0.05) is 70.2 Å². The molecule has 3 aromatic carbocycles. The zero-order valence-electron chi connectivity index (χ0n) is 16.7. The molecule has 1 heterocycles. The third-order valence-electron chi connectivity index (χ3n) is 4.36. The second-order valence-electron chi connectivity index (χ2n) is 6.66. The van der Waals surface area contributed by atoms with Gasteiger partial charge in [0, 0.05) is 15.7 Å². The molecule has 0 fully saturated rings. The van der Waals surface area contributed by atoms with E-state index in [1.165, 1.54) is 18.0 Å². The summed E-state index contributed by atoms with van der Waals surface area (Å²) < 4.78 is 2.89. The van der Waals surface area contributed by atoms with Gasteiger partial charge in [0.2, 0.25) is 0 Å². The Morgan fingerprint density at radius 3 is 2.59 bits per heavy atom. The number of rotatable bonds is 7. The number of nitrogens with one attached hydrogen (secondary N) is 1. The van der Waals surface area contributed by atoms with E-state index in [0.717, 1.165) is 15.7 Å². The van der Waals surface area contributed by atoms with E-state index in [1.807, 2.05) is 59.2 Å². The molecule has 0 spiro atoms. The quantitative estimate of drug-likeness (QED) is 0.216. The average molecular weight is 508 g/mol. The molecule has 0 unspecified atom stereocenters. The fourth-order valence-electron chi connectivity index (χ4n) is 2.91. The Labute approximate surface area is 197 Å². The van der Waals surface area contributed by atoms with Crippen LogP contribution < -0.4 is 5.43 Å². The van der Waals surface area contributed by atoms with Crippen LogP contribution in [0.1, 0.15) is 5.56 Å². The lowest BCUT2D eigenvalue weighted by Crippen LogP contribution is -2.20. The number of aromatic hydroxyl groups is 1. The molecule has 0 saturated heterocycles. The highest BCUT2D eigenvalue weighted by Crippen LogP contribution is 2.28. The standard InChI is InChI=1S/C23H18BrN5O2S/c24-18-9-11-19(12-10-18)29-22(17-6-2-1-3-7-17)27-28-23(29)32-15-21(31)26-25-14-16-5-4-8-20(30)13-16/h1-14,30H,15H2,(H,26,31)/b25-14-. The minimum atomic E-state index is -0.280. The van der Waals surface area contributed by atoms with Crippen molar-refractivity contribution < 1.29 is 9.90 Å². The molecule has 0 aliphatic carbocycles. The maximum atomic E-state index is 12.3. The Kier molecular flexibility index (Phi) is 6.98. The summed E-state index contributed by atoms with van der Waals surface area (Å²) >= 11 is 4.73. The van der Waals surface area contributed by atoms with Crippen LogP contribution in [-0.2, 0) is 4.79 Å². The van der Waals surface area contributed by atoms with E-state index < -0.39 is 0 Å². The molecule has 32 heavy (non-hydrogen) atoms. The summed E-state index contributed by atoms with van der Waals surface area (Å²) in [6.07, 6.45) is 1.47. The number of nitrogens with zero attached hydrogens (tertiary/aromatic N) is 4. The highest BCUT2D eigenvalue weighted by Gasteiger charge is 2.17. The second kappa shape index (κ2) is 10.3. The second-order valence-corrected chi connectivity index (χ2v) is 8.52. The normalized spacial score (nSPS) is 11.0. The predicted octanol–water partition coefficient (Wildman–Crippen LogP) is 4.64. The van der Waals surface area contributed by atoms with Gasteiger partial charge in [-0.2, -0.15) is 5.10 Å². The van der Waals surface area contributed by atoms with Crippen molar-refractivity contribution in [3.05, 3.63) is 88.9 Å². The summed E-state index contributed by atoms with van der Waals surface area (Å²) in [5.41, 5.74) is 4.99. The number of hydrogen-bond acceptors (Lipinski definition) is 6. The number of thioether (sulfide) groups is 1. The minimum Gasteiger partial charge on any atom is -0.508 e. The van der Waals surface area contributed by atoms with Gasteiger partial charge in [-0.25, -0.2) is 5.43 Å². The third-order valence-corrected chi connectivity index (χ3v) is 5.81. The Balaban J connectivity index is 1.50. The number of hydrogen-bond donors (Lipinski definition) is 2. The zero-order valence-corrected chi connectivity index (χ0v) is 19.1. The van der Waals surface area contributed by atoms with Crippen molar-refractivity contribution in [2.45, 2.75) is 5.16 Å². The Morgan fingerprint density at radius 1 is 1.06 bits per heavy atom. The molecule has 9 heteroatoms. The lowest BCUT2D eigenvalue weighted by atomic mass is 10.2. The molecule has 1 amide bonds. The van der Waals surface area contributed by atoms with E-state index in [9.17, 15) is 9.90 Å².